The molecule has 0 radical (unpaired) electrons. The minimum absolute atomic E-state index is 0.121. The Morgan fingerprint density at radius 2 is 2.05 bits per heavy atom. The van der Waals surface area contributed by atoms with Crippen LogP contribution in [0.25, 0.3) is 11.3 Å². The number of aryl methyl sites for hydroxylation is 1. The second-order valence-electron chi connectivity index (χ2n) is 4.44. The Morgan fingerprint density at radius 3 is 2.67 bits per heavy atom. The smallest absolute Gasteiger partial charge is 0.339 e. The molecule has 0 saturated carbocycles. The maximum Gasteiger partial charge on any atom is 0.339 e. The quantitative estimate of drug-likeness (QED) is 0.881. The Kier molecular flexibility index (Phi) is 4.33. The summed E-state index contributed by atoms with van der Waals surface area (Å²) in [5, 5.41) is 9.69. The first-order chi connectivity index (χ1) is 9.93. The molecule has 2 aromatic rings. The average Bonchev–Trinajstić information content (AvgIpc) is 2.80. The first kappa shape index (κ1) is 15.1. The predicted octanol–water partition coefficient (Wildman–Crippen LogP) is 3.22. The fourth-order valence-corrected chi connectivity index (χ4v) is 2.25. The van der Waals surface area contributed by atoms with Crippen LogP contribution >= 0.6 is 11.6 Å². The number of carbonyl (C=O) groups is 2. The van der Waals surface area contributed by atoms with E-state index in [4.69, 9.17) is 16.3 Å². The highest BCUT2D eigenvalue weighted by atomic mass is 35.5. The number of carboxylic acids is 1. The van der Waals surface area contributed by atoms with Crippen LogP contribution in [-0.4, -0.2) is 28.2 Å². The zero-order valence-electron chi connectivity index (χ0n) is 11.6. The standard InChI is InChI=1S/C15H14ClNO4/c1-3-21-15(20)9-6-13(17(2)8-9)12-7-10(16)4-5-11(12)14(18)19/h4-8H,3H2,1-2H3,(H,18,19). The van der Waals surface area contributed by atoms with Crippen LogP contribution in [0.1, 0.15) is 27.6 Å². The Morgan fingerprint density at radius 1 is 1.33 bits per heavy atom. The summed E-state index contributed by atoms with van der Waals surface area (Å²) in [6.45, 7) is 2.00. The van der Waals surface area contributed by atoms with Crippen molar-refractivity contribution >= 4 is 23.5 Å². The number of ether oxygens (including phenoxy) is 1. The van der Waals surface area contributed by atoms with Crippen molar-refractivity contribution in [2.24, 2.45) is 7.05 Å². The van der Waals surface area contributed by atoms with E-state index < -0.39 is 11.9 Å². The second kappa shape index (κ2) is 6.01. The number of hydrogen-bond acceptors (Lipinski definition) is 3. The van der Waals surface area contributed by atoms with E-state index in [1.807, 2.05) is 0 Å². The maximum absolute atomic E-state index is 11.7. The third-order valence-corrected chi connectivity index (χ3v) is 3.24. The molecule has 0 fully saturated rings. The van der Waals surface area contributed by atoms with Gasteiger partial charge in [-0.3, -0.25) is 0 Å². The van der Waals surface area contributed by atoms with Gasteiger partial charge in [-0.25, -0.2) is 9.59 Å². The van der Waals surface area contributed by atoms with Gasteiger partial charge < -0.3 is 14.4 Å². The van der Waals surface area contributed by atoms with Crippen molar-refractivity contribution in [3.63, 3.8) is 0 Å². The van der Waals surface area contributed by atoms with Crippen LogP contribution < -0.4 is 0 Å². The molecule has 0 aliphatic rings. The van der Waals surface area contributed by atoms with Crippen molar-refractivity contribution in [3.8, 4) is 11.3 Å². The fourth-order valence-electron chi connectivity index (χ4n) is 2.07. The van der Waals surface area contributed by atoms with Crippen LogP contribution in [0.4, 0.5) is 0 Å². The summed E-state index contributed by atoms with van der Waals surface area (Å²) in [7, 11) is 1.73. The molecule has 0 aliphatic heterocycles. The molecule has 0 bridgehead atoms. The van der Waals surface area contributed by atoms with Crippen LogP contribution in [0.2, 0.25) is 5.02 Å². The summed E-state index contributed by atoms with van der Waals surface area (Å²) < 4.78 is 6.61. The van der Waals surface area contributed by atoms with E-state index in [0.717, 1.165) is 0 Å². The summed E-state index contributed by atoms with van der Waals surface area (Å²) in [6, 6.07) is 6.12. The molecule has 5 nitrogen and oxygen atoms in total. The van der Waals surface area contributed by atoms with Crippen molar-refractivity contribution in [1.29, 1.82) is 0 Å². The summed E-state index contributed by atoms with van der Waals surface area (Å²) >= 11 is 5.95. The monoisotopic (exact) mass is 307 g/mol. The third-order valence-electron chi connectivity index (χ3n) is 3.00. The van der Waals surface area contributed by atoms with E-state index in [0.29, 0.717) is 21.8 Å². The van der Waals surface area contributed by atoms with Crippen molar-refractivity contribution in [2.45, 2.75) is 6.92 Å². The number of aromatic carboxylic acids is 1. The van der Waals surface area contributed by atoms with E-state index >= 15 is 0 Å². The molecule has 1 aromatic heterocycles. The van der Waals surface area contributed by atoms with Crippen LogP contribution in [0, 0.1) is 0 Å². The van der Waals surface area contributed by atoms with E-state index in [1.54, 1.807) is 36.9 Å². The van der Waals surface area contributed by atoms with Gasteiger partial charge in [0.05, 0.1) is 17.7 Å². The lowest BCUT2D eigenvalue weighted by Crippen LogP contribution is -2.02. The largest absolute Gasteiger partial charge is 0.478 e. The van der Waals surface area contributed by atoms with Gasteiger partial charge in [0.2, 0.25) is 0 Å². The summed E-state index contributed by atoms with van der Waals surface area (Å²) in [6.07, 6.45) is 1.60. The summed E-state index contributed by atoms with van der Waals surface area (Å²) in [4.78, 5) is 23.1. The molecule has 6 heteroatoms. The molecule has 21 heavy (non-hydrogen) atoms. The number of carboxylic acid groups (broad SMARTS) is 1. The van der Waals surface area contributed by atoms with Gasteiger partial charge in [0, 0.05) is 29.5 Å². The Hall–Kier alpha value is -2.27. The highest BCUT2D eigenvalue weighted by molar-refractivity contribution is 6.31. The first-order valence-electron chi connectivity index (χ1n) is 6.30. The van der Waals surface area contributed by atoms with Gasteiger partial charge in [-0.15, -0.1) is 0 Å². The lowest BCUT2D eigenvalue weighted by atomic mass is 10.0. The highest BCUT2D eigenvalue weighted by Gasteiger charge is 2.18. The zero-order chi connectivity index (χ0) is 15.6. The van der Waals surface area contributed by atoms with Crippen LogP contribution in [-0.2, 0) is 11.8 Å². The predicted molar refractivity (Wildman–Crippen MR) is 78.8 cm³/mol. The SMILES string of the molecule is CCOC(=O)c1cc(-c2cc(Cl)ccc2C(=O)O)n(C)c1. The average molecular weight is 308 g/mol. The molecule has 0 unspecified atom stereocenters. The lowest BCUT2D eigenvalue weighted by Gasteiger charge is -2.07. The number of nitrogens with zero attached hydrogens (tertiary/aromatic N) is 1. The number of hydrogen-bond donors (Lipinski definition) is 1. The number of benzene rings is 1. The Balaban J connectivity index is 2.55. The highest BCUT2D eigenvalue weighted by Crippen LogP contribution is 2.28. The van der Waals surface area contributed by atoms with Gasteiger partial charge in [0.15, 0.2) is 0 Å². The van der Waals surface area contributed by atoms with E-state index in [1.165, 1.54) is 12.1 Å². The Labute approximate surface area is 126 Å². The molecule has 0 aliphatic carbocycles. The van der Waals surface area contributed by atoms with Gasteiger partial charge in [-0.05, 0) is 31.2 Å². The molecular formula is C15H14ClNO4. The topological polar surface area (TPSA) is 68.5 Å². The minimum Gasteiger partial charge on any atom is -0.478 e. The molecule has 0 amide bonds. The van der Waals surface area contributed by atoms with Crippen molar-refractivity contribution in [2.75, 3.05) is 6.61 Å². The third kappa shape index (κ3) is 3.08. The van der Waals surface area contributed by atoms with E-state index in [-0.39, 0.29) is 12.2 Å². The second-order valence-corrected chi connectivity index (χ2v) is 4.88. The number of aromatic nitrogens is 1. The van der Waals surface area contributed by atoms with Gasteiger partial charge in [0.25, 0.3) is 0 Å². The normalized spacial score (nSPS) is 10.4. The minimum atomic E-state index is -1.06. The molecule has 2 rings (SSSR count). The molecule has 0 saturated heterocycles. The van der Waals surface area contributed by atoms with Crippen LogP contribution in [0.3, 0.4) is 0 Å². The number of rotatable bonds is 4. The van der Waals surface area contributed by atoms with Gasteiger partial charge >= 0.3 is 11.9 Å². The van der Waals surface area contributed by atoms with E-state index in [9.17, 15) is 14.7 Å². The van der Waals surface area contributed by atoms with Crippen LogP contribution in [0.15, 0.2) is 30.5 Å². The fraction of sp³-hybridized carbons (Fsp3) is 0.200. The number of carbonyl (C=O) groups excluding carboxylic acids is 1. The summed E-state index contributed by atoms with van der Waals surface area (Å²) in [5.74, 6) is -1.50. The molecule has 1 heterocycles. The molecular weight excluding hydrogens is 294 g/mol. The molecule has 110 valence electrons. The number of esters is 1. The molecule has 1 aromatic carbocycles. The Bertz CT molecular complexity index is 706. The number of halogens is 1. The van der Waals surface area contributed by atoms with Crippen molar-refractivity contribution in [3.05, 3.63) is 46.6 Å². The molecule has 1 N–H and O–H groups in total. The van der Waals surface area contributed by atoms with Crippen molar-refractivity contribution in [1.82, 2.24) is 4.57 Å². The lowest BCUT2D eigenvalue weighted by molar-refractivity contribution is 0.0526. The maximum atomic E-state index is 11.7. The first-order valence-corrected chi connectivity index (χ1v) is 6.68. The van der Waals surface area contributed by atoms with Gasteiger partial charge in [-0.1, -0.05) is 11.6 Å². The zero-order valence-corrected chi connectivity index (χ0v) is 12.3. The molecule has 0 spiro atoms. The van der Waals surface area contributed by atoms with Crippen LogP contribution in [0.5, 0.6) is 0 Å². The van der Waals surface area contributed by atoms with Crippen molar-refractivity contribution < 1.29 is 19.4 Å². The summed E-state index contributed by atoms with van der Waals surface area (Å²) in [5.41, 5.74) is 1.52. The van der Waals surface area contributed by atoms with Gasteiger partial charge in [-0.2, -0.15) is 0 Å². The van der Waals surface area contributed by atoms with Gasteiger partial charge in [0.1, 0.15) is 0 Å². The molecule has 0 atom stereocenters. The van der Waals surface area contributed by atoms with E-state index in [2.05, 4.69) is 0 Å².